The SMILES string of the molecule is COC(Nc1ccccc1)(OC)c1ccnc(C(=O)c2ccccc2)c1. The topological polar surface area (TPSA) is 60.4 Å². The standard InChI is InChI=1S/C21H20N2O3/c1-25-21(26-2,23-18-11-7-4-8-12-18)17-13-14-22-19(15-17)20(24)16-9-5-3-6-10-16/h3-15,23H,1-2H3. The second kappa shape index (κ2) is 7.91. The molecule has 0 saturated carbocycles. The Morgan fingerprint density at radius 1 is 0.923 bits per heavy atom. The van der Waals surface area contributed by atoms with Gasteiger partial charge in [-0.2, -0.15) is 0 Å². The maximum atomic E-state index is 12.7. The molecule has 0 aliphatic heterocycles. The molecule has 1 heterocycles. The Morgan fingerprint density at radius 3 is 2.15 bits per heavy atom. The van der Waals surface area contributed by atoms with Crippen LogP contribution in [-0.4, -0.2) is 25.0 Å². The fourth-order valence-electron chi connectivity index (χ4n) is 2.70. The number of ether oxygens (including phenoxy) is 2. The Kier molecular flexibility index (Phi) is 5.41. The molecule has 0 amide bonds. The van der Waals surface area contributed by atoms with Crippen molar-refractivity contribution in [3.63, 3.8) is 0 Å². The number of hydrogen-bond acceptors (Lipinski definition) is 5. The molecule has 0 aliphatic carbocycles. The van der Waals surface area contributed by atoms with Crippen LogP contribution in [0.4, 0.5) is 5.69 Å². The lowest BCUT2D eigenvalue weighted by Gasteiger charge is -2.32. The molecule has 0 unspecified atom stereocenters. The number of methoxy groups -OCH3 is 2. The lowest BCUT2D eigenvalue weighted by Crippen LogP contribution is -2.39. The summed E-state index contributed by atoms with van der Waals surface area (Å²) in [7, 11) is 3.08. The third-order valence-corrected chi connectivity index (χ3v) is 4.07. The van der Waals surface area contributed by atoms with Gasteiger partial charge in [0.2, 0.25) is 5.78 Å². The van der Waals surface area contributed by atoms with Gasteiger partial charge in [-0.15, -0.1) is 0 Å². The summed E-state index contributed by atoms with van der Waals surface area (Å²) in [6.07, 6.45) is 1.57. The Morgan fingerprint density at radius 2 is 1.54 bits per heavy atom. The van der Waals surface area contributed by atoms with E-state index in [1.54, 1.807) is 44.7 Å². The molecular weight excluding hydrogens is 328 g/mol. The number of anilines is 1. The molecule has 1 N–H and O–H groups in total. The first-order valence-corrected chi connectivity index (χ1v) is 8.18. The fraction of sp³-hybridized carbons (Fsp3) is 0.143. The number of aromatic nitrogens is 1. The van der Waals surface area contributed by atoms with Crippen molar-refractivity contribution in [1.29, 1.82) is 0 Å². The molecule has 0 aliphatic rings. The highest BCUT2D eigenvalue weighted by atomic mass is 16.7. The minimum absolute atomic E-state index is 0.159. The van der Waals surface area contributed by atoms with Crippen molar-refractivity contribution < 1.29 is 14.3 Å². The maximum Gasteiger partial charge on any atom is 0.277 e. The number of para-hydroxylation sites is 1. The van der Waals surface area contributed by atoms with E-state index in [1.165, 1.54) is 0 Å². The summed E-state index contributed by atoms with van der Waals surface area (Å²) in [5.74, 6) is -1.40. The first-order valence-electron chi connectivity index (χ1n) is 8.18. The van der Waals surface area contributed by atoms with Gasteiger partial charge in [0.15, 0.2) is 0 Å². The predicted octanol–water partition coefficient (Wildman–Crippen LogP) is 3.83. The van der Waals surface area contributed by atoms with Crippen molar-refractivity contribution in [2.24, 2.45) is 0 Å². The summed E-state index contributed by atoms with van der Waals surface area (Å²) < 4.78 is 11.3. The summed E-state index contributed by atoms with van der Waals surface area (Å²) in [4.78, 5) is 16.9. The average molecular weight is 348 g/mol. The largest absolute Gasteiger partial charge is 0.332 e. The number of nitrogens with one attached hydrogen (secondary N) is 1. The number of carbonyl (C=O) groups excluding carboxylic acids is 1. The molecule has 0 atom stereocenters. The van der Waals surface area contributed by atoms with Gasteiger partial charge in [0, 0.05) is 37.2 Å². The van der Waals surface area contributed by atoms with Crippen molar-refractivity contribution in [3.8, 4) is 0 Å². The molecule has 132 valence electrons. The summed E-state index contributed by atoms with van der Waals surface area (Å²) in [6, 6.07) is 22.0. The van der Waals surface area contributed by atoms with Crippen molar-refractivity contribution in [1.82, 2.24) is 4.98 Å². The van der Waals surface area contributed by atoms with Crippen LogP contribution in [0, 0.1) is 0 Å². The lowest BCUT2D eigenvalue weighted by molar-refractivity contribution is -0.193. The minimum atomic E-state index is -1.24. The van der Waals surface area contributed by atoms with Crippen LogP contribution < -0.4 is 5.32 Å². The van der Waals surface area contributed by atoms with Gasteiger partial charge in [0.1, 0.15) is 5.69 Å². The second-order valence-electron chi connectivity index (χ2n) is 5.64. The van der Waals surface area contributed by atoms with Crippen molar-refractivity contribution in [3.05, 3.63) is 95.8 Å². The Balaban J connectivity index is 1.97. The van der Waals surface area contributed by atoms with E-state index in [1.807, 2.05) is 48.5 Å². The van der Waals surface area contributed by atoms with Crippen LogP contribution in [0.5, 0.6) is 0 Å². The van der Waals surface area contributed by atoms with Gasteiger partial charge in [-0.3, -0.25) is 9.78 Å². The van der Waals surface area contributed by atoms with Crippen molar-refractivity contribution in [2.45, 2.75) is 5.91 Å². The Hall–Kier alpha value is -3.02. The van der Waals surface area contributed by atoms with E-state index < -0.39 is 5.91 Å². The number of ketones is 1. The molecular formula is C21H20N2O3. The number of hydrogen-bond donors (Lipinski definition) is 1. The summed E-state index contributed by atoms with van der Waals surface area (Å²) in [5.41, 5.74) is 2.36. The van der Waals surface area contributed by atoms with Gasteiger partial charge in [0.25, 0.3) is 5.91 Å². The minimum Gasteiger partial charge on any atom is -0.332 e. The van der Waals surface area contributed by atoms with Crippen molar-refractivity contribution in [2.75, 3.05) is 19.5 Å². The summed E-state index contributed by atoms with van der Waals surface area (Å²) >= 11 is 0. The van der Waals surface area contributed by atoms with E-state index in [2.05, 4.69) is 10.3 Å². The maximum absolute atomic E-state index is 12.7. The highest BCUT2D eigenvalue weighted by Gasteiger charge is 2.33. The van der Waals surface area contributed by atoms with E-state index in [9.17, 15) is 4.79 Å². The molecule has 3 aromatic rings. The molecule has 5 heteroatoms. The molecule has 26 heavy (non-hydrogen) atoms. The average Bonchev–Trinajstić information content (AvgIpc) is 2.73. The first kappa shape index (κ1) is 17.8. The van der Waals surface area contributed by atoms with Gasteiger partial charge in [0.05, 0.1) is 0 Å². The zero-order chi connectivity index (χ0) is 18.4. The zero-order valence-corrected chi connectivity index (χ0v) is 14.7. The van der Waals surface area contributed by atoms with Crippen molar-refractivity contribution >= 4 is 11.5 Å². The molecule has 5 nitrogen and oxygen atoms in total. The smallest absolute Gasteiger partial charge is 0.277 e. The molecule has 3 rings (SSSR count). The highest BCUT2D eigenvalue weighted by molar-refractivity contribution is 6.07. The predicted molar refractivity (Wildman–Crippen MR) is 99.9 cm³/mol. The Bertz CT molecular complexity index is 863. The molecule has 1 aromatic heterocycles. The fourth-order valence-corrected chi connectivity index (χ4v) is 2.70. The quantitative estimate of drug-likeness (QED) is 0.519. The molecule has 0 saturated heterocycles. The number of pyridine rings is 1. The molecule has 2 aromatic carbocycles. The third kappa shape index (κ3) is 3.64. The monoisotopic (exact) mass is 348 g/mol. The number of carbonyl (C=O) groups is 1. The first-order chi connectivity index (χ1) is 12.7. The zero-order valence-electron chi connectivity index (χ0n) is 14.7. The lowest BCUT2D eigenvalue weighted by atomic mass is 10.0. The van der Waals surface area contributed by atoms with E-state index in [-0.39, 0.29) is 5.78 Å². The van der Waals surface area contributed by atoms with E-state index in [4.69, 9.17) is 9.47 Å². The van der Waals surface area contributed by atoms with Crippen LogP contribution in [0.3, 0.4) is 0 Å². The number of rotatable bonds is 7. The summed E-state index contributed by atoms with van der Waals surface area (Å²) in [5, 5.41) is 3.23. The summed E-state index contributed by atoms with van der Waals surface area (Å²) in [6.45, 7) is 0. The van der Waals surface area contributed by atoms with Gasteiger partial charge in [-0.25, -0.2) is 0 Å². The van der Waals surface area contributed by atoms with Gasteiger partial charge < -0.3 is 14.8 Å². The Labute approximate surface area is 152 Å². The van der Waals surface area contributed by atoms with Crippen LogP contribution in [0.25, 0.3) is 0 Å². The van der Waals surface area contributed by atoms with E-state index in [0.717, 1.165) is 5.69 Å². The molecule has 0 spiro atoms. The molecule has 0 radical (unpaired) electrons. The highest BCUT2D eigenvalue weighted by Crippen LogP contribution is 2.28. The van der Waals surface area contributed by atoms with Crippen LogP contribution in [0.1, 0.15) is 21.6 Å². The second-order valence-corrected chi connectivity index (χ2v) is 5.64. The van der Waals surface area contributed by atoms with Crippen LogP contribution in [0.2, 0.25) is 0 Å². The molecule has 0 bridgehead atoms. The van der Waals surface area contributed by atoms with Gasteiger partial charge in [-0.05, 0) is 24.3 Å². The van der Waals surface area contributed by atoms with Gasteiger partial charge in [-0.1, -0.05) is 48.5 Å². The van der Waals surface area contributed by atoms with E-state index in [0.29, 0.717) is 16.8 Å². The van der Waals surface area contributed by atoms with Gasteiger partial charge >= 0.3 is 0 Å². The van der Waals surface area contributed by atoms with Crippen LogP contribution in [0.15, 0.2) is 79.0 Å². The van der Waals surface area contributed by atoms with Crippen LogP contribution in [-0.2, 0) is 15.4 Å². The molecule has 0 fully saturated rings. The number of benzene rings is 2. The normalized spacial score (nSPS) is 11.2. The number of nitrogens with zero attached hydrogens (tertiary/aromatic N) is 1. The van der Waals surface area contributed by atoms with Crippen LogP contribution >= 0.6 is 0 Å². The van der Waals surface area contributed by atoms with E-state index >= 15 is 0 Å². The third-order valence-electron chi connectivity index (χ3n) is 4.07.